The Hall–Kier alpha value is -2.22. The molecule has 8 nitrogen and oxygen atoms in total. The van der Waals surface area contributed by atoms with Crippen LogP contribution in [0.25, 0.3) is 0 Å². The number of carbonyl (C=O) groups excluding carboxylic acids is 1. The van der Waals surface area contributed by atoms with E-state index in [1.807, 2.05) is 25.5 Å². The molecule has 0 spiro atoms. The molecule has 1 N–H and O–H groups in total. The lowest BCUT2D eigenvalue weighted by Crippen LogP contribution is -2.31. The molecule has 8 heteroatoms. The zero-order valence-electron chi connectivity index (χ0n) is 15.3. The van der Waals surface area contributed by atoms with Crippen LogP contribution in [0, 0.1) is 0 Å². The number of methoxy groups -OCH3 is 1. The number of amides is 1. The SMILES string of the molecule is COCCn1cc2c(n1)C(NC(=O)c1cn(C(C)(C)C)nn1)CCC2. The molecule has 0 saturated carbocycles. The van der Waals surface area contributed by atoms with Crippen LogP contribution < -0.4 is 5.32 Å². The molecule has 25 heavy (non-hydrogen) atoms. The number of carbonyl (C=O) groups is 1. The van der Waals surface area contributed by atoms with Crippen LogP contribution in [0.2, 0.25) is 0 Å². The van der Waals surface area contributed by atoms with Gasteiger partial charge in [0.05, 0.1) is 36.6 Å². The minimum Gasteiger partial charge on any atom is -0.383 e. The van der Waals surface area contributed by atoms with Gasteiger partial charge in [0.1, 0.15) is 0 Å². The van der Waals surface area contributed by atoms with Crippen LogP contribution in [0.1, 0.15) is 61.4 Å². The van der Waals surface area contributed by atoms with Gasteiger partial charge in [-0.25, -0.2) is 4.68 Å². The van der Waals surface area contributed by atoms with Crippen molar-refractivity contribution < 1.29 is 9.53 Å². The van der Waals surface area contributed by atoms with Crippen molar-refractivity contribution in [2.45, 2.75) is 58.2 Å². The number of hydrogen-bond donors (Lipinski definition) is 1. The van der Waals surface area contributed by atoms with Gasteiger partial charge in [-0.1, -0.05) is 5.21 Å². The van der Waals surface area contributed by atoms with Gasteiger partial charge in [0.15, 0.2) is 5.69 Å². The van der Waals surface area contributed by atoms with E-state index in [0.29, 0.717) is 18.8 Å². The highest BCUT2D eigenvalue weighted by molar-refractivity contribution is 5.92. The molecule has 1 aliphatic carbocycles. The number of nitrogens with one attached hydrogen (secondary N) is 1. The number of ether oxygens (including phenoxy) is 1. The molecule has 1 unspecified atom stereocenters. The van der Waals surface area contributed by atoms with Gasteiger partial charge in [0.25, 0.3) is 5.91 Å². The highest BCUT2D eigenvalue weighted by Crippen LogP contribution is 2.28. The molecule has 2 aromatic heterocycles. The van der Waals surface area contributed by atoms with E-state index in [1.165, 1.54) is 5.56 Å². The summed E-state index contributed by atoms with van der Waals surface area (Å²) < 4.78 is 8.71. The number of rotatable bonds is 5. The van der Waals surface area contributed by atoms with E-state index < -0.39 is 0 Å². The van der Waals surface area contributed by atoms with Crippen molar-refractivity contribution in [2.24, 2.45) is 0 Å². The maximum absolute atomic E-state index is 12.6. The van der Waals surface area contributed by atoms with Gasteiger partial charge in [0.2, 0.25) is 0 Å². The maximum Gasteiger partial charge on any atom is 0.274 e. The summed E-state index contributed by atoms with van der Waals surface area (Å²) in [4.78, 5) is 12.6. The summed E-state index contributed by atoms with van der Waals surface area (Å²) in [5.74, 6) is -0.209. The monoisotopic (exact) mass is 346 g/mol. The Morgan fingerprint density at radius 3 is 2.88 bits per heavy atom. The molecule has 2 aromatic rings. The average molecular weight is 346 g/mol. The first-order valence-electron chi connectivity index (χ1n) is 8.67. The van der Waals surface area contributed by atoms with Crippen molar-refractivity contribution in [2.75, 3.05) is 13.7 Å². The van der Waals surface area contributed by atoms with E-state index in [4.69, 9.17) is 4.74 Å². The predicted molar refractivity (Wildman–Crippen MR) is 92.3 cm³/mol. The molecule has 0 fully saturated rings. The van der Waals surface area contributed by atoms with E-state index in [2.05, 4.69) is 26.9 Å². The van der Waals surface area contributed by atoms with E-state index in [-0.39, 0.29) is 17.5 Å². The first-order chi connectivity index (χ1) is 11.9. The summed E-state index contributed by atoms with van der Waals surface area (Å²) in [5, 5.41) is 15.8. The predicted octanol–water partition coefficient (Wildman–Crippen LogP) is 1.68. The zero-order valence-corrected chi connectivity index (χ0v) is 15.3. The fourth-order valence-corrected chi connectivity index (χ4v) is 2.96. The Kier molecular flexibility index (Phi) is 4.89. The van der Waals surface area contributed by atoms with Gasteiger partial charge >= 0.3 is 0 Å². The van der Waals surface area contributed by atoms with Crippen LogP contribution in [0.4, 0.5) is 0 Å². The van der Waals surface area contributed by atoms with Crippen LogP contribution in [-0.2, 0) is 23.2 Å². The molecule has 1 atom stereocenters. The fraction of sp³-hybridized carbons (Fsp3) is 0.647. The Labute approximate surface area is 147 Å². The third-order valence-corrected chi connectivity index (χ3v) is 4.38. The molecule has 0 saturated heterocycles. The molecule has 0 aromatic carbocycles. The summed E-state index contributed by atoms with van der Waals surface area (Å²) in [6.45, 7) is 7.38. The van der Waals surface area contributed by atoms with Crippen LogP contribution in [-0.4, -0.2) is 44.4 Å². The van der Waals surface area contributed by atoms with Gasteiger partial charge in [0, 0.05) is 13.3 Å². The lowest BCUT2D eigenvalue weighted by Gasteiger charge is -2.21. The summed E-state index contributed by atoms with van der Waals surface area (Å²) in [5.41, 5.74) is 2.29. The molecular formula is C17H26N6O2. The highest BCUT2D eigenvalue weighted by Gasteiger charge is 2.27. The second-order valence-corrected chi connectivity index (χ2v) is 7.43. The second-order valence-electron chi connectivity index (χ2n) is 7.43. The topological polar surface area (TPSA) is 86.9 Å². The van der Waals surface area contributed by atoms with Crippen molar-refractivity contribution in [3.8, 4) is 0 Å². The molecule has 2 heterocycles. The van der Waals surface area contributed by atoms with E-state index in [1.54, 1.807) is 18.0 Å². The molecule has 0 aliphatic heterocycles. The van der Waals surface area contributed by atoms with Crippen molar-refractivity contribution in [3.05, 3.63) is 29.3 Å². The van der Waals surface area contributed by atoms with Gasteiger partial charge in [-0.05, 0) is 45.6 Å². The Bertz CT molecular complexity index is 743. The van der Waals surface area contributed by atoms with Crippen LogP contribution in [0.15, 0.2) is 12.4 Å². The third-order valence-electron chi connectivity index (χ3n) is 4.38. The summed E-state index contributed by atoms with van der Waals surface area (Å²) in [6.07, 6.45) is 6.66. The molecular weight excluding hydrogens is 320 g/mol. The number of hydrogen-bond acceptors (Lipinski definition) is 5. The fourth-order valence-electron chi connectivity index (χ4n) is 2.96. The molecule has 3 rings (SSSR count). The summed E-state index contributed by atoms with van der Waals surface area (Å²) in [7, 11) is 1.68. The average Bonchev–Trinajstić information content (AvgIpc) is 3.19. The quantitative estimate of drug-likeness (QED) is 0.890. The van der Waals surface area contributed by atoms with Crippen molar-refractivity contribution in [1.29, 1.82) is 0 Å². The smallest absolute Gasteiger partial charge is 0.274 e. The molecule has 1 amide bonds. The van der Waals surface area contributed by atoms with Crippen LogP contribution >= 0.6 is 0 Å². The zero-order chi connectivity index (χ0) is 18.0. The Balaban J connectivity index is 1.72. The minimum absolute atomic E-state index is 0.0835. The Morgan fingerprint density at radius 2 is 2.20 bits per heavy atom. The molecule has 1 aliphatic rings. The van der Waals surface area contributed by atoms with Crippen LogP contribution in [0.5, 0.6) is 0 Å². The van der Waals surface area contributed by atoms with Crippen molar-refractivity contribution in [1.82, 2.24) is 30.1 Å². The second kappa shape index (κ2) is 6.95. The molecule has 0 radical (unpaired) electrons. The number of fused-ring (bicyclic) bond motifs is 1. The van der Waals surface area contributed by atoms with Gasteiger partial charge in [-0.2, -0.15) is 5.10 Å². The Morgan fingerprint density at radius 1 is 1.40 bits per heavy atom. The van der Waals surface area contributed by atoms with E-state index >= 15 is 0 Å². The van der Waals surface area contributed by atoms with E-state index in [9.17, 15) is 4.79 Å². The maximum atomic E-state index is 12.6. The lowest BCUT2D eigenvalue weighted by atomic mass is 9.93. The van der Waals surface area contributed by atoms with Gasteiger partial charge in [-0.15, -0.1) is 5.10 Å². The largest absolute Gasteiger partial charge is 0.383 e. The minimum atomic E-state index is -0.209. The van der Waals surface area contributed by atoms with Crippen molar-refractivity contribution in [3.63, 3.8) is 0 Å². The first-order valence-corrected chi connectivity index (χ1v) is 8.67. The third kappa shape index (κ3) is 3.89. The highest BCUT2D eigenvalue weighted by atomic mass is 16.5. The number of aryl methyl sites for hydroxylation is 1. The van der Waals surface area contributed by atoms with Crippen molar-refractivity contribution >= 4 is 5.91 Å². The van der Waals surface area contributed by atoms with Gasteiger partial charge in [-0.3, -0.25) is 9.48 Å². The molecule has 136 valence electrons. The van der Waals surface area contributed by atoms with Gasteiger partial charge < -0.3 is 10.1 Å². The normalized spacial score (nSPS) is 17.4. The van der Waals surface area contributed by atoms with E-state index in [0.717, 1.165) is 25.0 Å². The summed E-state index contributed by atoms with van der Waals surface area (Å²) in [6, 6.07) is -0.0835. The molecule has 0 bridgehead atoms. The van der Waals surface area contributed by atoms with Crippen LogP contribution in [0.3, 0.4) is 0 Å². The standard InChI is InChI=1S/C17H26N6O2/c1-17(2,3)23-11-14(19-21-23)16(24)18-13-7-5-6-12-10-22(8-9-25-4)20-15(12)13/h10-11,13H,5-9H2,1-4H3,(H,18,24). The first kappa shape index (κ1) is 17.6. The number of nitrogens with zero attached hydrogens (tertiary/aromatic N) is 5. The lowest BCUT2D eigenvalue weighted by molar-refractivity contribution is 0.0926. The summed E-state index contributed by atoms with van der Waals surface area (Å²) >= 11 is 0. The number of aromatic nitrogens is 5.